The van der Waals surface area contributed by atoms with Crippen molar-refractivity contribution in [2.24, 2.45) is 5.92 Å². The number of ether oxygens (including phenoxy) is 1. The fourth-order valence-corrected chi connectivity index (χ4v) is 2.58. The van der Waals surface area contributed by atoms with E-state index in [2.05, 4.69) is 4.98 Å². The Bertz CT molecular complexity index is 285. The average molecular weight is 218 g/mol. The highest BCUT2D eigenvalue weighted by Gasteiger charge is 2.34. The lowest BCUT2D eigenvalue weighted by Gasteiger charge is -2.09. The molecule has 1 atom stereocenters. The molecule has 72 valence electrons. The molecule has 0 saturated heterocycles. The summed E-state index contributed by atoms with van der Waals surface area (Å²) in [5.41, 5.74) is 0. The van der Waals surface area contributed by atoms with E-state index in [1.54, 1.807) is 18.4 Å². The number of alkyl halides is 1. The highest BCUT2D eigenvalue weighted by Crippen LogP contribution is 2.43. The van der Waals surface area contributed by atoms with Gasteiger partial charge in [0.15, 0.2) is 0 Å². The molecular formula is C9H12ClNOS. The van der Waals surface area contributed by atoms with Gasteiger partial charge in [-0.1, -0.05) is 0 Å². The van der Waals surface area contributed by atoms with Crippen LogP contribution in [0.15, 0.2) is 6.20 Å². The van der Waals surface area contributed by atoms with Crippen LogP contribution in [0.1, 0.15) is 28.8 Å². The van der Waals surface area contributed by atoms with Crippen LogP contribution < -0.4 is 0 Å². The van der Waals surface area contributed by atoms with Crippen LogP contribution >= 0.6 is 22.9 Å². The van der Waals surface area contributed by atoms with Crippen molar-refractivity contribution < 1.29 is 4.74 Å². The maximum absolute atomic E-state index is 5.71. The zero-order valence-corrected chi connectivity index (χ0v) is 9.07. The first kappa shape index (κ1) is 9.44. The van der Waals surface area contributed by atoms with Gasteiger partial charge in [-0.3, -0.25) is 0 Å². The van der Waals surface area contributed by atoms with E-state index in [-0.39, 0.29) is 6.10 Å². The molecule has 2 nitrogen and oxygen atoms in total. The number of halogens is 1. The second-order valence-electron chi connectivity index (χ2n) is 3.29. The summed E-state index contributed by atoms with van der Waals surface area (Å²) in [7, 11) is 1.75. The minimum Gasteiger partial charge on any atom is -0.374 e. The van der Waals surface area contributed by atoms with Crippen molar-refractivity contribution in [2.75, 3.05) is 7.11 Å². The molecule has 0 aliphatic heterocycles. The first-order valence-electron chi connectivity index (χ1n) is 4.38. The molecule has 1 aromatic heterocycles. The van der Waals surface area contributed by atoms with E-state index in [1.807, 2.05) is 6.20 Å². The molecule has 1 heterocycles. The van der Waals surface area contributed by atoms with Gasteiger partial charge in [0.1, 0.15) is 11.1 Å². The number of methoxy groups -OCH3 is 1. The number of hydrogen-bond acceptors (Lipinski definition) is 3. The lowest BCUT2D eigenvalue weighted by molar-refractivity contribution is 0.0844. The van der Waals surface area contributed by atoms with Gasteiger partial charge in [-0.2, -0.15) is 0 Å². The zero-order valence-electron chi connectivity index (χ0n) is 7.50. The monoisotopic (exact) mass is 217 g/mol. The smallest absolute Gasteiger partial charge is 0.122 e. The van der Waals surface area contributed by atoms with E-state index in [4.69, 9.17) is 16.3 Å². The Kier molecular flexibility index (Phi) is 2.86. The van der Waals surface area contributed by atoms with Crippen LogP contribution in [0.3, 0.4) is 0 Å². The van der Waals surface area contributed by atoms with E-state index in [0.29, 0.717) is 11.8 Å². The molecule has 0 bridgehead atoms. The summed E-state index contributed by atoms with van der Waals surface area (Å²) in [5, 5.41) is 1.08. The van der Waals surface area contributed by atoms with E-state index in [0.717, 1.165) is 9.88 Å². The summed E-state index contributed by atoms with van der Waals surface area (Å²) in [5.74, 6) is 1.25. The van der Waals surface area contributed by atoms with Crippen LogP contribution in [0.25, 0.3) is 0 Å². The van der Waals surface area contributed by atoms with E-state index in [9.17, 15) is 0 Å². The fourth-order valence-electron chi connectivity index (χ4n) is 1.41. The van der Waals surface area contributed by atoms with Gasteiger partial charge in [0, 0.05) is 18.2 Å². The maximum Gasteiger partial charge on any atom is 0.122 e. The molecule has 1 aliphatic rings. The molecule has 1 saturated carbocycles. The summed E-state index contributed by atoms with van der Waals surface area (Å²) in [6, 6.07) is 0. The van der Waals surface area contributed by atoms with Gasteiger partial charge in [0.2, 0.25) is 0 Å². The van der Waals surface area contributed by atoms with E-state index in [1.165, 1.54) is 12.8 Å². The van der Waals surface area contributed by atoms with Crippen molar-refractivity contribution in [3.8, 4) is 0 Å². The molecule has 0 N–H and O–H groups in total. The molecule has 4 heteroatoms. The Morgan fingerprint density at radius 2 is 2.54 bits per heavy atom. The molecule has 13 heavy (non-hydrogen) atoms. The first-order valence-corrected chi connectivity index (χ1v) is 5.73. The molecule has 0 amide bonds. The third kappa shape index (κ3) is 2.03. The number of aromatic nitrogens is 1. The van der Waals surface area contributed by atoms with Gasteiger partial charge in [-0.25, -0.2) is 4.98 Å². The Labute approximate surface area is 86.9 Å². The van der Waals surface area contributed by atoms with E-state index < -0.39 is 0 Å². The number of hydrogen-bond donors (Lipinski definition) is 0. The quantitative estimate of drug-likeness (QED) is 0.724. The maximum atomic E-state index is 5.71. The predicted molar refractivity (Wildman–Crippen MR) is 54.1 cm³/mol. The highest BCUT2D eigenvalue weighted by molar-refractivity contribution is 7.11. The van der Waals surface area contributed by atoms with Crippen LogP contribution in [-0.2, 0) is 10.6 Å². The largest absolute Gasteiger partial charge is 0.374 e. The van der Waals surface area contributed by atoms with Crippen molar-refractivity contribution in [2.45, 2.75) is 24.8 Å². The predicted octanol–water partition coefficient (Wildman–Crippen LogP) is 2.98. The summed E-state index contributed by atoms with van der Waals surface area (Å²) in [6.07, 6.45) is 4.60. The molecule has 1 fully saturated rings. The van der Waals surface area contributed by atoms with Gasteiger partial charge in [-0.05, 0) is 18.8 Å². The van der Waals surface area contributed by atoms with Crippen molar-refractivity contribution in [1.82, 2.24) is 4.98 Å². The molecule has 0 radical (unpaired) electrons. The third-order valence-electron chi connectivity index (χ3n) is 2.25. The highest BCUT2D eigenvalue weighted by atomic mass is 35.5. The summed E-state index contributed by atoms with van der Waals surface area (Å²) in [6.45, 7) is 0. The topological polar surface area (TPSA) is 22.1 Å². The van der Waals surface area contributed by atoms with Crippen LogP contribution in [0.4, 0.5) is 0 Å². The second-order valence-corrected chi connectivity index (χ2v) is 4.71. The second kappa shape index (κ2) is 3.95. The molecule has 2 rings (SSSR count). The Morgan fingerprint density at radius 3 is 3.00 bits per heavy atom. The van der Waals surface area contributed by atoms with Gasteiger partial charge < -0.3 is 4.74 Å². The number of thiazole rings is 1. The Hall–Kier alpha value is -0.120. The molecule has 1 aromatic rings. The van der Waals surface area contributed by atoms with Crippen molar-refractivity contribution in [3.63, 3.8) is 0 Å². The van der Waals surface area contributed by atoms with Crippen molar-refractivity contribution in [3.05, 3.63) is 16.1 Å². The number of nitrogens with zero attached hydrogens (tertiary/aromatic N) is 1. The van der Waals surface area contributed by atoms with Crippen LogP contribution in [-0.4, -0.2) is 12.1 Å². The molecule has 0 aromatic carbocycles. The van der Waals surface area contributed by atoms with Gasteiger partial charge in [0.25, 0.3) is 0 Å². The minimum absolute atomic E-state index is 0.210. The standard InChI is InChI=1S/C9H12ClNOS/c1-12-8(6-2-3-6)9-11-5-7(4-10)13-9/h5-6,8H,2-4H2,1H3. The van der Waals surface area contributed by atoms with Crippen molar-refractivity contribution >= 4 is 22.9 Å². The first-order chi connectivity index (χ1) is 6.35. The summed E-state index contributed by atoms with van der Waals surface area (Å²) >= 11 is 7.38. The van der Waals surface area contributed by atoms with Gasteiger partial charge >= 0.3 is 0 Å². The summed E-state index contributed by atoms with van der Waals surface area (Å²) in [4.78, 5) is 5.45. The lowest BCUT2D eigenvalue weighted by atomic mass is 10.2. The molecular weight excluding hydrogens is 206 g/mol. The third-order valence-corrected chi connectivity index (χ3v) is 3.76. The normalized spacial score (nSPS) is 18.9. The fraction of sp³-hybridized carbons (Fsp3) is 0.667. The molecule has 1 unspecified atom stereocenters. The lowest BCUT2D eigenvalue weighted by Crippen LogP contribution is -2.02. The molecule has 1 aliphatic carbocycles. The van der Waals surface area contributed by atoms with Crippen LogP contribution in [0.5, 0.6) is 0 Å². The minimum atomic E-state index is 0.210. The van der Waals surface area contributed by atoms with Crippen molar-refractivity contribution in [1.29, 1.82) is 0 Å². The Balaban J connectivity index is 2.12. The number of rotatable bonds is 4. The van der Waals surface area contributed by atoms with Gasteiger partial charge in [-0.15, -0.1) is 22.9 Å². The van der Waals surface area contributed by atoms with Crippen LogP contribution in [0, 0.1) is 5.92 Å². The SMILES string of the molecule is COC(c1ncc(CCl)s1)C1CC1. The van der Waals surface area contributed by atoms with E-state index >= 15 is 0 Å². The van der Waals surface area contributed by atoms with Crippen LogP contribution in [0.2, 0.25) is 0 Å². The Morgan fingerprint density at radius 1 is 1.77 bits per heavy atom. The zero-order chi connectivity index (χ0) is 9.26. The van der Waals surface area contributed by atoms with Gasteiger partial charge in [0.05, 0.1) is 5.88 Å². The summed E-state index contributed by atoms with van der Waals surface area (Å²) < 4.78 is 5.42. The molecule has 0 spiro atoms. The average Bonchev–Trinajstić information content (AvgIpc) is 2.85.